The van der Waals surface area contributed by atoms with Crippen molar-refractivity contribution in [2.45, 2.75) is 19.6 Å². The van der Waals surface area contributed by atoms with E-state index in [0.717, 1.165) is 5.56 Å². The molecule has 1 aliphatic carbocycles. The molecule has 0 unspecified atom stereocenters. The minimum atomic E-state index is -0.972. The lowest BCUT2D eigenvalue weighted by atomic mass is 9.83. The van der Waals surface area contributed by atoms with Crippen molar-refractivity contribution < 1.29 is 14.3 Å². The second kappa shape index (κ2) is 3.40. The predicted molar refractivity (Wildman–Crippen MR) is 60.2 cm³/mol. The summed E-state index contributed by atoms with van der Waals surface area (Å²) in [4.78, 5) is 12.3. The van der Waals surface area contributed by atoms with Gasteiger partial charge in [0.15, 0.2) is 5.78 Å². The number of ether oxygens (including phenoxy) is 2. The van der Waals surface area contributed by atoms with Crippen molar-refractivity contribution in [2.75, 3.05) is 14.2 Å². The number of rotatable bonds is 2. The zero-order valence-electron chi connectivity index (χ0n) is 10.0. The summed E-state index contributed by atoms with van der Waals surface area (Å²) in [5.74, 6) is -0.910. The van der Waals surface area contributed by atoms with Crippen LogP contribution in [0.1, 0.15) is 29.8 Å². The maximum Gasteiger partial charge on any atom is 0.207 e. The molecule has 2 rings (SSSR count). The molecular weight excluding hydrogens is 204 g/mol. The van der Waals surface area contributed by atoms with Gasteiger partial charge in [-0.25, -0.2) is 0 Å². The molecule has 0 spiro atoms. The van der Waals surface area contributed by atoms with Gasteiger partial charge in [-0.05, 0) is 13.8 Å². The first kappa shape index (κ1) is 11.3. The second-order valence-electron chi connectivity index (χ2n) is 4.52. The molecule has 0 bridgehead atoms. The fourth-order valence-electron chi connectivity index (χ4n) is 2.60. The normalized spacial score (nSPS) is 20.9. The van der Waals surface area contributed by atoms with Crippen molar-refractivity contribution >= 4 is 5.78 Å². The fraction of sp³-hybridized carbons (Fsp3) is 0.462. The van der Waals surface area contributed by atoms with Gasteiger partial charge in [-0.2, -0.15) is 0 Å². The van der Waals surface area contributed by atoms with Crippen molar-refractivity contribution in [1.29, 1.82) is 0 Å². The Kier molecular flexibility index (Phi) is 2.40. The molecule has 0 amide bonds. The number of hydrogen-bond donors (Lipinski definition) is 0. The quantitative estimate of drug-likeness (QED) is 0.718. The van der Waals surface area contributed by atoms with Crippen LogP contribution in [0.3, 0.4) is 0 Å². The smallest absolute Gasteiger partial charge is 0.207 e. The third-order valence-corrected chi connectivity index (χ3v) is 3.49. The predicted octanol–water partition coefficient (Wildman–Crippen LogP) is 2.35. The summed E-state index contributed by atoms with van der Waals surface area (Å²) < 4.78 is 11.0. The molecule has 0 aliphatic heterocycles. The Morgan fingerprint density at radius 1 is 1.06 bits per heavy atom. The lowest BCUT2D eigenvalue weighted by Crippen LogP contribution is -2.44. The number of fused-ring (bicyclic) bond motifs is 1. The van der Waals surface area contributed by atoms with Gasteiger partial charge in [-0.3, -0.25) is 4.79 Å². The number of ketones is 1. The molecule has 3 nitrogen and oxygen atoms in total. The maximum absolute atomic E-state index is 12.3. The Bertz CT molecular complexity index is 431. The van der Waals surface area contributed by atoms with Gasteiger partial charge in [0.2, 0.25) is 5.79 Å². The topological polar surface area (TPSA) is 35.5 Å². The summed E-state index contributed by atoms with van der Waals surface area (Å²) in [6.07, 6.45) is 0. The third kappa shape index (κ3) is 1.07. The van der Waals surface area contributed by atoms with Gasteiger partial charge in [-0.1, -0.05) is 24.3 Å². The Labute approximate surface area is 95.4 Å². The summed E-state index contributed by atoms with van der Waals surface area (Å²) in [5, 5.41) is 0. The molecule has 1 aliphatic rings. The minimum absolute atomic E-state index is 0.0619. The van der Waals surface area contributed by atoms with E-state index < -0.39 is 11.2 Å². The molecule has 16 heavy (non-hydrogen) atoms. The van der Waals surface area contributed by atoms with Gasteiger partial charge in [0, 0.05) is 25.3 Å². The maximum atomic E-state index is 12.3. The molecule has 86 valence electrons. The molecule has 0 fully saturated rings. The first-order chi connectivity index (χ1) is 7.51. The van der Waals surface area contributed by atoms with Crippen LogP contribution in [0.5, 0.6) is 0 Å². The SMILES string of the molecule is COC1(OC)c2ccccc2C(=O)C1(C)C. The molecule has 0 atom stereocenters. The van der Waals surface area contributed by atoms with Gasteiger partial charge in [0.1, 0.15) is 0 Å². The number of methoxy groups -OCH3 is 2. The lowest BCUT2D eigenvalue weighted by Gasteiger charge is -2.37. The second-order valence-corrected chi connectivity index (χ2v) is 4.52. The zero-order chi connectivity index (χ0) is 12.0. The van der Waals surface area contributed by atoms with Crippen molar-refractivity contribution in [2.24, 2.45) is 5.41 Å². The van der Waals surface area contributed by atoms with Crippen molar-refractivity contribution in [3.8, 4) is 0 Å². The van der Waals surface area contributed by atoms with Gasteiger partial charge in [-0.15, -0.1) is 0 Å². The van der Waals surface area contributed by atoms with E-state index in [9.17, 15) is 4.79 Å². The van der Waals surface area contributed by atoms with E-state index in [-0.39, 0.29) is 5.78 Å². The summed E-state index contributed by atoms with van der Waals surface area (Å²) in [5.41, 5.74) is 0.798. The van der Waals surface area contributed by atoms with Crippen LogP contribution in [0.25, 0.3) is 0 Å². The van der Waals surface area contributed by atoms with E-state index in [1.165, 1.54) is 0 Å². The highest BCUT2D eigenvalue weighted by Gasteiger charge is 2.59. The van der Waals surface area contributed by atoms with Gasteiger partial charge < -0.3 is 9.47 Å². The Morgan fingerprint density at radius 3 is 2.19 bits per heavy atom. The van der Waals surface area contributed by atoms with Crippen molar-refractivity contribution in [3.05, 3.63) is 35.4 Å². The molecule has 0 heterocycles. The summed E-state index contributed by atoms with van der Waals surface area (Å²) in [7, 11) is 3.14. The highest BCUT2D eigenvalue weighted by atomic mass is 16.7. The molecule has 0 aromatic heterocycles. The molecule has 1 aromatic carbocycles. The van der Waals surface area contributed by atoms with Gasteiger partial charge in [0.25, 0.3) is 0 Å². The summed E-state index contributed by atoms with van der Waals surface area (Å²) >= 11 is 0. The van der Waals surface area contributed by atoms with E-state index >= 15 is 0 Å². The van der Waals surface area contributed by atoms with E-state index in [1.54, 1.807) is 14.2 Å². The molecular formula is C13H16O3. The van der Waals surface area contributed by atoms with Gasteiger partial charge >= 0.3 is 0 Å². The highest BCUT2D eigenvalue weighted by Crippen LogP contribution is 2.52. The number of Topliss-reactive ketones (excluding diaryl/α,β-unsaturated/α-hetero) is 1. The van der Waals surface area contributed by atoms with E-state index in [2.05, 4.69) is 0 Å². The number of benzene rings is 1. The monoisotopic (exact) mass is 220 g/mol. The average molecular weight is 220 g/mol. The van der Waals surface area contributed by atoms with E-state index in [0.29, 0.717) is 5.56 Å². The molecule has 3 heteroatoms. The Balaban J connectivity index is 2.74. The lowest BCUT2D eigenvalue weighted by molar-refractivity contribution is -0.258. The van der Waals surface area contributed by atoms with Crippen LogP contribution < -0.4 is 0 Å². The number of carbonyl (C=O) groups is 1. The standard InChI is InChI=1S/C13H16O3/c1-12(2)11(14)9-7-5-6-8-10(9)13(12,15-3)16-4/h5-8H,1-4H3. The Hall–Kier alpha value is -1.19. The molecule has 0 saturated heterocycles. The van der Waals surface area contributed by atoms with E-state index in [1.807, 2.05) is 38.1 Å². The van der Waals surface area contributed by atoms with Crippen LogP contribution in [-0.4, -0.2) is 20.0 Å². The minimum Gasteiger partial charge on any atom is -0.348 e. The highest BCUT2D eigenvalue weighted by molar-refractivity contribution is 6.05. The summed E-state index contributed by atoms with van der Waals surface area (Å²) in [6.45, 7) is 3.70. The average Bonchev–Trinajstić information content (AvgIpc) is 2.46. The van der Waals surface area contributed by atoms with Gasteiger partial charge in [0.05, 0.1) is 5.41 Å². The fourth-order valence-corrected chi connectivity index (χ4v) is 2.60. The Morgan fingerprint density at radius 2 is 1.62 bits per heavy atom. The third-order valence-electron chi connectivity index (χ3n) is 3.49. The molecule has 1 aromatic rings. The van der Waals surface area contributed by atoms with Crippen LogP contribution in [0.4, 0.5) is 0 Å². The van der Waals surface area contributed by atoms with E-state index in [4.69, 9.17) is 9.47 Å². The largest absolute Gasteiger partial charge is 0.348 e. The number of hydrogen-bond acceptors (Lipinski definition) is 3. The van der Waals surface area contributed by atoms with Crippen LogP contribution in [0.2, 0.25) is 0 Å². The van der Waals surface area contributed by atoms with Crippen molar-refractivity contribution in [1.82, 2.24) is 0 Å². The number of carbonyl (C=O) groups excluding carboxylic acids is 1. The van der Waals surface area contributed by atoms with Crippen LogP contribution in [0.15, 0.2) is 24.3 Å². The van der Waals surface area contributed by atoms with Crippen LogP contribution in [0, 0.1) is 5.41 Å². The van der Waals surface area contributed by atoms with Crippen LogP contribution >= 0.6 is 0 Å². The first-order valence-electron chi connectivity index (χ1n) is 5.26. The van der Waals surface area contributed by atoms with Crippen molar-refractivity contribution in [3.63, 3.8) is 0 Å². The summed E-state index contributed by atoms with van der Waals surface area (Å²) in [6, 6.07) is 7.45. The molecule has 0 radical (unpaired) electrons. The van der Waals surface area contributed by atoms with Crippen LogP contribution in [-0.2, 0) is 15.3 Å². The molecule has 0 saturated carbocycles. The zero-order valence-corrected chi connectivity index (χ0v) is 10.0. The molecule has 0 N–H and O–H groups in total. The first-order valence-corrected chi connectivity index (χ1v) is 5.26.